The minimum absolute atomic E-state index is 0.321. The van der Waals surface area contributed by atoms with E-state index < -0.39 is 0 Å². The number of hydrogen-bond acceptors (Lipinski definition) is 3. The zero-order valence-electron chi connectivity index (χ0n) is 9.81. The number of pyridine rings is 1. The van der Waals surface area contributed by atoms with Crippen molar-refractivity contribution in [1.82, 2.24) is 4.98 Å². The first-order valence-electron chi connectivity index (χ1n) is 5.96. The molecular weight excluding hydrogens is 246 g/mol. The van der Waals surface area contributed by atoms with Gasteiger partial charge in [-0.1, -0.05) is 17.7 Å². The first-order chi connectivity index (χ1) is 8.72. The molecule has 18 heavy (non-hydrogen) atoms. The highest BCUT2D eigenvalue weighted by Gasteiger charge is 2.34. The Morgan fingerprint density at radius 1 is 1.17 bits per heavy atom. The Bertz CT molecular complexity index is 536. The Morgan fingerprint density at radius 3 is 2.44 bits per heavy atom. The van der Waals surface area contributed by atoms with Crippen molar-refractivity contribution in [3.63, 3.8) is 0 Å². The number of anilines is 2. The van der Waals surface area contributed by atoms with Gasteiger partial charge in [-0.2, -0.15) is 0 Å². The molecule has 1 aromatic heterocycles. The van der Waals surface area contributed by atoms with Gasteiger partial charge >= 0.3 is 0 Å². The van der Waals surface area contributed by atoms with Gasteiger partial charge in [0, 0.05) is 28.9 Å². The summed E-state index contributed by atoms with van der Waals surface area (Å²) in [5, 5.41) is 3.96. The summed E-state index contributed by atoms with van der Waals surface area (Å²) in [6, 6.07) is 11.9. The highest BCUT2D eigenvalue weighted by atomic mass is 35.5. The first-order valence-corrected chi connectivity index (χ1v) is 6.34. The van der Waals surface area contributed by atoms with Gasteiger partial charge in [0.25, 0.3) is 0 Å². The van der Waals surface area contributed by atoms with Crippen LogP contribution < -0.4 is 11.1 Å². The second-order valence-electron chi connectivity index (χ2n) is 4.61. The van der Waals surface area contributed by atoms with Gasteiger partial charge < -0.3 is 11.1 Å². The fourth-order valence-corrected chi connectivity index (χ4v) is 2.10. The Hall–Kier alpha value is -1.58. The molecule has 0 spiro atoms. The van der Waals surface area contributed by atoms with Crippen molar-refractivity contribution in [2.75, 3.05) is 5.32 Å². The van der Waals surface area contributed by atoms with Gasteiger partial charge in [-0.15, -0.1) is 0 Å². The van der Waals surface area contributed by atoms with Crippen LogP contribution >= 0.6 is 11.6 Å². The van der Waals surface area contributed by atoms with Gasteiger partial charge in [-0.3, -0.25) is 0 Å². The third kappa shape index (κ3) is 2.47. The molecule has 0 aliphatic heterocycles. The molecule has 4 heteroatoms. The van der Waals surface area contributed by atoms with Crippen LogP contribution in [-0.2, 0) is 0 Å². The molecule has 1 aromatic carbocycles. The predicted molar refractivity (Wildman–Crippen MR) is 74.3 cm³/mol. The molecule has 1 aliphatic carbocycles. The molecule has 2 atom stereocenters. The van der Waals surface area contributed by atoms with E-state index in [4.69, 9.17) is 17.3 Å². The molecule has 1 aliphatic rings. The maximum Gasteiger partial charge on any atom is 0.130 e. The van der Waals surface area contributed by atoms with Crippen LogP contribution in [0.4, 0.5) is 11.5 Å². The maximum absolute atomic E-state index is 5.84. The molecule has 0 unspecified atom stereocenters. The van der Waals surface area contributed by atoms with Crippen LogP contribution in [0.15, 0.2) is 42.6 Å². The fourth-order valence-electron chi connectivity index (χ4n) is 1.98. The molecule has 1 fully saturated rings. The third-order valence-corrected chi connectivity index (χ3v) is 3.42. The normalized spacial score (nSPS) is 21.7. The van der Waals surface area contributed by atoms with Crippen LogP contribution in [0.25, 0.3) is 0 Å². The number of nitrogens with two attached hydrogens (primary N) is 1. The monoisotopic (exact) mass is 259 g/mol. The molecule has 3 N–H and O–H groups in total. The van der Waals surface area contributed by atoms with E-state index in [-0.39, 0.29) is 0 Å². The Balaban J connectivity index is 1.71. The summed E-state index contributed by atoms with van der Waals surface area (Å²) < 4.78 is 0. The standard InChI is InChI=1S/C14H14ClN3/c15-10-2-4-11(5-3-10)18-14-6-1-9(8-17-14)12-7-13(12)16/h1-6,8,12-13H,7,16H2,(H,17,18)/t12-,13+/m1/s1. The van der Waals surface area contributed by atoms with E-state index in [1.807, 2.05) is 36.5 Å². The number of hydrogen-bond donors (Lipinski definition) is 2. The Kier molecular flexibility index (Phi) is 2.94. The van der Waals surface area contributed by atoms with E-state index >= 15 is 0 Å². The molecule has 1 heterocycles. The summed E-state index contributed by atoms with van der Waals surface area (Å²) in [6.07, 6.45) is 2.97. The maximum atomic E-state index is 5.84. The average Bonchev–Trinajstić information content (AvgIpc) is 3.10. The highest BCUT2D eigenvalue weighted by Crippen LogP contribution is 2.38. The van der Waals surface area contributed by atoms with Crippen molar-refractivity contribution in [1.29, 1.82) is 0 Å². The summed E-state index contributed by atoms with van der Waals surface area (Å²) in [5.41, 5.74) is 8.02. The van der Waals surface area contributed by atoms with Crippen molar-refractivity contribution >= 4 is 23.1 Å². The average molecular weight is 260 g/mol. The van der Waals surface area contributed by atoms with Gasteiger partial charge in [0.1, 0.15) is 5.82 Å². The lowest BCUT2D eigenvalue weighted by Gasteiger charge is -2.06. The lowest BCUT2D eigenvalue weighted by Crippen LogP contribution is -2.01. The van der Waals surface area contributed by atoms with Crippen LogP contribution in [-0.4, -0.2) is 11.0 Å². The molecule has 1 saturated carbocycles. The van der Waals surface area contributed by atoms with Crippen LogP contribution in [0, 0.1) is 0 Å². The van der Waals surface area contributed by atoms with Crippen LogP contribution in [0.5, 0.6) is 0 Å². The van der Waals surface area contributed by atoms with Crippen LogP contribution in [0.3, 0.4) is 0 Å². The molecule has 0 radical (unpaired) electrons. The van der Waals surface area contributed by atoms with Gasteiger partial charge in [0.15, 0.2) is 0 Å². The molecule has 0 bridgehead atoms. The van der Waals surface area contributed by atoms with Crippen molar-refractivity contribution < 1.29 is 0 Å². The zero-order chi connectivity index (χ0) is 12.5. The summed E-state index contributed by atoms with van der Waals surface area (Å²) in [6.45, 7) is 0. The summed E-state index contributed by atoms with van der Waals surface area (Å²) in [4.78, 5) is 4.39. The molecule has 3 nitrogen and oxygen atoms in total. The number of nitrogens with zero attached hydrogens (tertiary/aromatic N) is 1. The van der Waals surface area contributed by atoms with E-state index in [0.717, 1.165) is 22.9 Å². The zero-order valence-corrected chi connectivity index (χ0v) is 10.6. The predicted octanol–water partition coefficient (Wildman–Crippen LogP) is 3.29. The Morgan fingerprint density at radius 2 is 1.89 bits per heavy atom. The lowest BCUT2D eigenvalue weighted by molar-refractivity contribution is 0.981. The van der Waals surface area contributed by atoms with E-state index in [0.29, 0.717) is 12.0 Å². The molecular formula is C14H14ClN3. The van der Waals surface area contributed by atoms with Gasteiger partial charge in [-0.05, 0) is 42.3 Å². The van der Waals surface area contributed by atoms with Crippen LogP contribution in [0.2, 0.25) is 5.02 Å². The quantitative estimate of drug-likeness (QED) is 0.889. The topological polar surface area (TPSA) is 50.9 Å². The highest BCUT2D eigenvalue weighted by molar-refractivity contribution is 6.30. The van der Waals surface area contributed by atoms with Gasteiger partial charge in [-0.25, -0.2) is 4.98 Å². The van der Waals surface area contributed by atoms with E-state index in [1.165, 1.54) is 5.56 Å². The van der Waals surface area contributed by atoms with Crippen molar-refractivity contribution in [3.05, 3.63) is 53.2 Å². The lowest BCUT2D eigenvalue weighted by atomic mass is 10.2. The van der Waals surface area contributed by atoms with Crippen molar-refractivity contribution in [3.8, 4) is 0 Å². The van der Waals surface area contributed by atoms with Gasteiger partial charge in [0.05, 0.1) is 0 Å². The van der Waals surface area contributed by atoms with Crippen molar-refractivity contribution in [2.24, 2.45) is 5.73 Å². The summed E-state index contributed by atoms with van der Waals surface area (Å²) in [7, 11) is 0. The minimum Gasteiger partial charge on any atom is -0.340 e. The number of nitrogens with one attached hydrogen (secondary N) is 1. The smallest absolute Gasteiger partial charge is 0.130 e. The van der Waals surface area contributed by atoms with E-state index in [2.05, 4.69) is 16.4 Å². The molecule has 2 aromatic rings. The van der Waals surface area contributed by atoms with Gasteiger partial charge in [0.2, 0.25) is 0 Å². The molecule has 0 saturated heterocycles. The number of aromatic nitrogens is 1. The minimum atomic E-state index is 0.321. The Labute approximate surface area is 111 Å². The third-order valence-electron chi connectivity index (χ3n) is 3.17. The molecule has 3 rings (SSSR count). The summed E-state index contributed by atoms with van der Waals surface area (Å²) in [5.74, 6) is 1.33. The molecule has 0 amide bonds. The largest absolute Gasteiger partial charge is 0.340 e. The number of rotatable bonds is 3. The summed E-state index contributed by atoms with van der Waals surface area (Å²) >= 11 is 5.84. The SMILES string of the molecule is N[C@H]1C[C@@H]1c1ccc(Nc2ccc(Cl)cc2)nc1. The second-order valence-corrected chi connectivity index (χ2v) is 5.05. The fraction of sp³-hybridized carbons (Fsp3) is 0.214. The van der Waals surface area contributed by atoms with Crippen molar-refractivity contribution in [2.45, 2.75) is 18.4 Å². The number of halogens is 1. The molecule has 92 valence electrons. The van der Waals surface area contributed by atoms with Crippen LogP contribution in [0.1, 0.15) is 17.9 Å². The van der Waals surface area contributed by atoms with E-state index in [1.54, 1.807) is 0 Å². The van der Waals surface area contributed by atoms with E-state index in [9.17, 15) is 0 Å². The second kappa shape index (κ2) is 4.59. The first kappa shape index (κ1) is 11.5. The number of benzene rings is 1.